The lowest BCUT2D eigenvalue weighted by Crippen LogP contribution is -2.27. The van der Waals surface area contributed by atoms with E-state index in [9.17, 15) is 0 Å². The highest BCUT2D eigenvalue weighted by Gasteiger charge is 2.08. The Bertz CT molecular complexity index is 273. The van der Waals surface area contributed by atoms with Gasteiger partial charge in [-0.25, -0.2) is 4.98 Å². The van der Waals surface area contributed by atoms with Gasteiger partial charge in [0.25, 0.3) is 0 Å². The molecule has 1 rings (SSSR count). The summed E-state index contributed by atoms with van der Waals surface area (Å²) in [5.41, 5.74) is 0. The highest BCUT2D eigenvalue weighted by Crippen LogP contribution is 2.22. The summed E-state index contributed by atoms with van der Waals surface area (Å²) >= 11 is 6.97. The number of anilines is 1. The molecule has 0 spiro atoms. The van der Waals surface area contributed by atoms with Crippen LogP contribution in [0.2, 0.25) is 0 Å². The first-order chi connectivity index (χ1) is 6.79. The SMILES string of the molecule is CCCN(CCBr)c1ncccc1Br. The van der Waals surface area contributed by atoms with Gasteiger partial charge in [0.2, 0.25) is 0 Å². The summed E-state index contributed by atoms with van der Waals surface area (Å²) in [6, 6.07) is 3.96. The topological polar surface area (TPSA) is 16.1 Å². The number of nitrogens with zero attached hydrogens (tertiary/aromatic N) is 2. The van der Waals surface area contributed by atoms with E-state index in [1.807, 2.05) is 18.3 Å². The van der Waals surface area contributed by atoms with Crippen LogP contribution >= 0.6 is 31.9 Å². The Morgan fingerprint density at radius 1 is 1.43 bits per heavy atom. The molecule has 0 N–H and O–H groups in total. The van der Waals surface area contributed by atoms with Gasteiger partial charge in [-0.2, -0.15) is 0 Å². The quantitative estimate of drug-likeness (QED) is 0.772. The molecule has 1 aromatic rings. The molecule has 1 aromatic heterocycles. The van der Waals surface area contributed by atoms with Crippen LogP contribution in [0.3, 0.4) is 0 Å². The Hall–Kier alpha value is -0.0900. The van der Waals surface area contributed by atoms with Gasteiger partial charge in [0, 0.05) is 24.6 Å². The highest BCUT2D eigenvalue weighted by atomic mass is 79.9. The minimum atomic E-state index is 0.968. The first kappa shape index (κ1) is 12.0. The summed E-state index contributed by atoms with van der Waals surface area (Å²) in [6.07, 6.45) is 2.97. The smallest absolute Gasteiger partial charge is 0.142 e. The van der Waals surface area contributed by atoms with Crippen molar-refractivity contribution in [2.75, 3.05) is 23.3 Å². The number of aromatic nitrogens is 1. The second-order valence-electron chi connectivity index (χ2n) is 2.98. The molecule has 0 unspecified atom stereocenters. The molecule has 0 saturated carbocycles. The summed E-state index contributed by atoms with van der Waals surface area (Å²) < 4.78 is 1.06. The van der Waals surface area contributed by atoms with E-state index in [0.29, 0.717) is 0 Å². The maximum atomic E-state index is 4.37. The molecule has 14 heavy (non-hydrogen) atoms. The molecule has 0 aromatic carbocycles. The molecule has 0 bridgehead atoms. The van der Waals surface area contributed by atoms with Crippen molar-refractivity contribution in [3.05, 3.63) is 22.8 Å². The maximum Gasteiger partial charge on any atom is 0.142 e. The molecule has 0 aliphatic heterocycles. The first-order valence-corrected chi connectivity index (χ1v) is 6.62. The second-order valence-corrected chi connectivity index (χ2v) is 4.63. The number of alkyl halides is 1. The van der Waals surface area contributed by atoms with E-state index >= 15 is 0 Å². The summed E-state index contributed by atoms with van der Waals surface area (Å²) in [7, 11) is 0. The third-order valence-corrected chi connectivity index (χ3v) is 2.86. The van der Waals surface area contributed by atoms with Crippen molar-refractivity contribution >= 4 is 37.7 Å². The minimum Gasteiger partial charge on any atom is -0.355 e. The average Bonchev–Trinajstić information content (AvgIpc) is 2.18. The molecule has 0 amide bonds. The van der Waals surface area contributed by atoms with Gasteiger partial charge in [-0.3, -0.25) is 0 Å². The molecule has 4 heteroatoms. The highest BCUT2D eigenvalue weighted by molar-refractivity contribution is 9.10. The van der Waals surface area contributed by atoms with Gasteiger partial charge < -0.3 is 4.90 Å². The van der Waals surface area contributed by atoms with Gasteiger partial charge >= 0.3 is 0 Å². The van der Waals surface area contributed by atoms with Gasteiger partial charge in [0.15, 0.2) is 0 Å². The van der Waals surface area contributed by atoms with Gasteiger partial charge in [0.05, 0.1) is 4.47 Å². The molecule has 0 saturated heterocycles. The molecule has 0 aliphatic rings. The number of hydrogen-bond acceptors (Lipinski definition) is 2. The maximum absolute atomic E-state index is 4.37. The Labute approximate surface area is 102 Å². The van der Waals surface area contributed by atoms with Gasteiger partial charge in [-0.15, -0.1) is 0 Å². The molecule has 0 atom stereocenters. The minimum absolute atomic E-state index is 0.968. The zero-order chi connectivity index (χ0) is 10.4. The molecule has 78 valence electrons. The van der Waals surface area contributed by atoms with Crippen LogP contribution in [0, 0.1) is 0 Å². The lowest BCUT2D eigenvalue weighted by atomic mass is 10.3. The largest absolute Gasteiger partial charge is 0.355 e. The Balaban J connectivity index is 2.81. The van der Waals surface area contributed by atoms with Gasteiger partial charge in [-0.05, 0) is 34.5 Å². The van der Waals surface area contributed by atoms with Crippen LogP contribution in [0.4, 0.5) is 5.82 Å². The van der Waals surface area contributed by atoms with Crippen molar-refractivity contribution in [3.8, 4) is 0 Å². The first-order valence-electron chi connectivity index (χ1n) is 4.71. The van der Waals surface area contributed by atoms with Crippen LogP contribution in [-0.4, -0.2) is 23.4 Å². The number of pyridine rings is 1. The third-order valence-electron chi connectivity index (χ3n) is 1.89. The molecule has 0 fully saturated rings. The van der Waals surface area contributed by atoms with Crippen molar-refractivity contribution < 1.29 is 0 Å². The fraction of sp³-hybridized carbons (Fsp3) is 0.500. The average molecular weight is 322 g/mol. The predicted octanol–water partition coefficient (Wildman–Crippen LogP) is 3.46. The molecule has 1 heterocycles. The van der Waals surface area contributed by atoms with Crippen LogP contribution in [0.1, 0.15) is 13.3 Å². The number of rotatable bonds is 5. The lowest BCUT2D eigenvalue weighted by Gasteiger charge is -2.22. The van der Waals surface area contributed by atoms with Crippen LogP contribution in [0.5, 0.6) is 0 Å². The van der Waals surface area contributed by atoms with E-state index in [1.165, 1.54) is 0 Å². The Morgan fingerprint density at radius 2 is 2.21 bits per heavy atom. The summed E-state index contributed by atoms with van der Waals surface area (Å²) in [4.78, 5) is 6.65. The fourth-order valence-corrected chi connectivity index (χ4v) is 2.24. The molecule has 0 radical (unpaired) electrons. The summed E-state index contributed by atoms with van der Waals surface area (Å²) in [6.45, 7) is 4.21. The number of halogens is 2. The van der Waals surface area contributed by atoms with E-state index in [-0.39, 0.29) is 0 Å². The summed E-state index contributed by atoms with van der Waals surface area (Å²) in [5.74, 6) is 1.04. The monoisotopic (exact) mass is 320 g/mol. The lowest BCUT2D eigenvalue weighted by molar-refractivity contribution is 0.782. The Morgan fingerprint density at radius 3 is 2.79 bits per heavy atom. The van der Waals surface area contributed by atoms with Crippen molar-refractivity contribution in [2.45, 2.75) is 13.3 Å². The fourth-order valence-electron chi connectivity index (χ4n) is 1.31. The standard InChI is InChI=1S/C10H14Br2N2/c1-2-7-14(8-5-11)10-9(12)4-3-6-13-10/h3-4,6H,2,5,7-8H2,1H3. The Kier molecular flexibility index (Phi) is 5.48. The molecule has 0 aliphatic carbocycles. The van der Waals surface area contributed by atoms with Crippen molar-refractivity contribution in [3.63, 3.8) is 0 Å². The van der Waals surface area contributed by atoms with Gasteiger partial charge in [-0.1, -0.05) is 22.9 Å². The zero-order valence-electron chi connectivity index (χ0n) is 8.21. The third kappa shape index (κ3) is 3.24. The number of hydrogen-bond donors (Lipinski definition) is 0. The van der Waals surface area contributed by atoms with E-state index in [1.54, 1.807) is 0 Å². The predicted molar refractivity (Wildman–Crippen MR) is 68.2 cm³/mol. The van der Waals surface area contributed by atoms with Crippen molar-refractivity contribution in [1.82, 2.24) is 4.98 Å². The van der Waals surface area contributed by atoms with E-state index in [4.69, 9.17) is 0 Å². The molecule has 2 nitrogen and oxygen atoms in total. The van der Waals surface area contributed by atoms with Crippen molar-refractivity contribution in [1.29, 1.82) is 0 Å². The molecular formula is C10H14Br2N2. The normalized spacial score (nSPS) is 10.2. The zero-order valence-corrected chi connectivity index (χ0v) is 11.4. The molecular weight excluding hydrogens is 308 g/mol. The summed E-state index contributed by atoms with van der Waals surface area (Å²) in [5, 5.41) is 0.968. The van der Waals surface area contributed by atoms with E-state index < -0.39 is 0 Å². The van der Waals surface area contributed by atoms with E-state index in [0.717, 1.165) is 35.1 Å². The van der Waals surface area contributed by atoms with Crippen LogP contribution in [0.15, 0.2) is 22.8 Å². The van der Waals surface area contributed by atoms with Crippen LogP contribution < -0.4 is 4.90 Å². The van der Waals surface area contributed by atoms with E-state index in [2.05, 4.69) is 48.7 Å². The van der Waals surface area contributed by atoms with Crippen molar-refractivity contribution in [2.24, 2.45) is 0 Å². The van der Waals surface area contributed by atoms with Crippen LogP contribution in [0.25, 0.3) is 0 Å². The van der Waals surface area contributed by atoms with Gasteiger partial charge in [0.1, 0.15) is 5.82 Å². The van der Waals surface area contributed by atoms with Crippen LogP contribution in [-0.2, 0) is 0 Å². The second kappa shape index (κ2) is 6.40.